The molecule has 4 rings (SSSR count). The van der Waals surface area contributed by atoms with Gasteiger partial charge in [-0.3, -0.25) is 0 Å². The minimum Gasteiger partial charge on any atom is -0.440 e. The number of aromatic nitrogens is 3. The van der Waals surface area contributed by atoms with Gasteiger partial charge in [-0.25, -0.2) is 9.67 Å². The Hall–Kier alpha value is -3.18. The van der Waals surface area contributed by atoms with E-state index in [2.05, 4.69) is 35.2 Å². The Morgan fingerprint density at radius 3 is 2.59 bits per heavy atom. The number of benzene rings is 2. The molecule has 0 aliphatic heterocycles. The van der Waals surface area contributed by atoms with Gasteiger partial charge in [-0.05, 0) is 67.8 Å². The zero-order valence-corrected chi connectivity index (χ0v) is 17.1. The molecular weight excluding hydrogens is 362 g/mol. The van der Waals surface area contributed by atoms with E-state index in [1.165, 1.54) is 16.7 Å². The van der Waals surface area contributed by atoms with Crippen molar-refractivity contribution >= 4 is 0 Å². The molecule has 0 saturated carbocycles. The summed E-state index contributed by atoms with van der Waals surface area (Å²) in [7, 11) is 0. The molecular formula is C24H25N3O2. The number of ether oxygens (including phenoxy) is 1. The Balaban J connectivity index is 1.51. The zero-order chi connectivity index (χ0) is 20.2. The van der Waals surface area contributed by atoms with Crippen LogP contribution in [0.3, 0.4) is 0 Å². The first-order valence-corrected chi connectivity index (χ1v) is 9.86. The molecule has 0 bridgehead atoms. The van der Waals surface area contributed by atoms with Gasteiger partial charge in [0.05, 0.1) is 18.5 Å². The topological polar surface area (TPSA) is 53.1 Å². The molecule has 0 N–H and O–H groups in total. The van der Waals surface area contributed by atoms with Crippen molar-refractivity contribution in [2.24, 2.45) is 0 Å². The van der Waals surface area contributed by atoms with Crippen molar-refractivity contribution in [1.82, 2.24) is 14.8 Å². The highest BCUT2D eigenvalue weighted by atomic mass is 16.5. The number of hydrogen-bond donors (Lipinski definition) is 0. The molecule has 0 radical (unpaired) electrons. The molecule has 0 fully saturated rings. The van der Waals surface area contributed by atoms with Crippen LogP contribution in [0.5, 0.6) is 0 Å². The molecule has 148 valence electrons. The summed E-state index contributed by atoms with van der Waals surface area (Å²) in [5.74, 6) is 1.48. The first-order chi connectivity index (χ1) is 14.1. The Morgan fingerprint density at radius 1 is 1.03 bits per heavy atom. The molecule has 5 nitrogen and oxygen atoms in total. The Bertz CT molecular complexity index is 1090. The molecule has 29 heavy (non-hydrogen) atoms. The Labute approximate surface area is 171 Å². The lowest BCUT2D eigenvalue weighted by molar-refractivity contribution is 0.134. The van der Waals surface area contributed by atoms with Crippen LogP contribution in [0.4, 0.5) is 0 Å². The van der Waals surface area contributed by atoms with Crippen LogP contribution in [0.25, 0.3) is 17.0 Å². The summed E-state index contributed by atoms with van der Waals surface area (Å²) in [6, 6.07) is 16.6. The summed E-state index contributed by atoms with van der Waals surface area (Å²) < 4.78 is 13.5. The summed E-state index contributed by atoms with van der Waals surface area (Å²) in [5.41, 5.74) is 6.73. The van der Waals surface area contributed by atoms with E-state index in [4.69, 9.17) is 9.15 Å². The Morgan fingerprint density at radius 2 is 1.86 bits per heavy atom. The van der Waals surface area contributed by atoms with Crippen molar-refractivity contribution in [2.75, 3.05) is 6.61 Å². The van der Waals surface area contributed by atoms with Gasteiger partial charge < -0.3 is 9.15 Å². The maximum Gasteiger partial charge on any atom is 0.199 e. The van der Waals surface area contributed by atoms with Gasteiger partial charge in [0.2, 0.25) is 0 Å². The van der Waals surface area contributed by atoms with Crippen molar-refractivity contribution in [1.29, 1.82) is 0 Å². The molecule has 4 aromatic rings. The van der Waals surface area contributed by atoms with Crippen LogP contribution < -0.4 is 0 Å². The van der Waals surface area contributed by atoms with Crippen LogP contribution in [-0.4, -0.2) is 21.4 Å². The van der Waals surface area contributed by atoms with Crippen molar-refractivity contribution in [3.63, 3.8) is 0 Å². The lowest BCUT2D eigenvalue weighted by Gasteiger charge is -2.08. The number of oxazole rings is 1. The van der Waals surface area contributed by atoms with E-state index in [1.807, 2.05) is 48.9 Å². The average molecular weight is 387 g/mol. The lowest BCUT2D eigenvalue weighted by atomic mass is 10.0. The van der Waals surface area contributed by atoms with E-state index in [0.29, 0.717) is 25.5 Å². The van der Waals surface area contributed by atoms with E-state index in [0.717, 1.165) is 22.7 Å². The summed E-state index contributed by atoms with van der Waals surface area (Å²) in [6.45, 7) is 7.49. The first-order valence-electron chi connectivity index (χ1n) is 9.86. The highest BCUT2D eigenvalue weighted by Crippen LogP contribution is 2.24. The van der Waals surface area contributed by atoms with Crippen LogP contribution in [-0.2, 0) is 17.8 Å². The van der Waals surface area contributed by atoms with Gasteiger partial charge in [0.1, 0.15) is 0 Å². The molecule has 0 saturated heterocycles. The second-order valence-corrected chi connectivity index (χ2v) is 7.12. The van der Waals surface area contributed by atoms with Gasteiger partial charge in [-0.1, -0.05) is 18.2 Å². The summed E-state index contributed by atoms with van der Waals surface area (Å²) in [4.78, 5) is 4.49. The van der Waals surface area contributed by atoms with Crippen LogP contribution in [0.1, 0.15) is 35.2 Å². The molecule has 2 aromatic heterocycles. The van der Waals surface area contributed by atoms with Gasteiger partial charge >= 0.3 is 0 Å². The Kier molecular flexibility index (Phi) is 5.58. The predicted molar refractivity (Wildman–Crippen MR) is 113 cm³/mol. The fourth-order valence-corrected chi connectivity index (χ4v) is 3.32. The molecule has 0 atom stereocenters. The van der Waals surface area contributed by atoms with Crippen molar-refractivity contribution < 1.29 is 9.15 Å². The molecule has 5 heteroatoms. The first kappa shape index (κ1) is 19.2. The summed E-state index contributed by atoms with van der Waals surface area (Å²) in [6.07, 6.45) is 4.26. The van der Waals surface area contributed by atoms with Gasteiger partial charge in [0, 0.05) is 30.5 Å². The molecule has 0 spiro atoms. The third kappa shape index (κ3) is 4.30. The monoisotopic (exact) mass is 387 g/mol. The fourth-order valence-electron chi connectivity index (χ4n) is 3.32. The maximum absolute atomic E-state index is 6.04. The number of nitrogens with zero attached hydrogens (tertiary/aromatic N) is 3. The fraction of sp³-hybridized carbons (Fsp3) is 0.250. The second-order valence-electron chi connectivity index (χ2n) is 7.12. The smallest absolute Gasteiger partial charge is 0.199 e. The van der Waals surface area contributed by atoms with Gasteiger partial charge in [0.15, 0.2) is 11.7 Å². The standard InChI is InChI=1S/C24H25N3O2/c1-4-28-16-19-6-5-17(2)21(13-19)14-24-25-15-23(29-24)20-7-9-22(10-8-20)27-18(3)11-12-26-27/h5-13,15H,4,14,16H2,1-3H3. The van der Waals surface area contributed by atoms with Gasteiger partial charge in [-0.2, -0.15) is 5.10 Å². The lowest BCUT2D eigenvalue weighted by Crippen LogP contribution is -1.97. The third-order valence-electron chi connectivity index (χ3n) is 5.01. The van der Waals surface area contributed by atoms with Crippen LogP contribution >= 0.6 is 0 Å². The van der Waals surface area contributed by atoms with Gasteiger partial charge in [0.25, 0.3) is 0 Å². The van der Waals surface area contributed by atoms with E-state index in [1.54, 1.807) is 12.4 Å². The van der Waals surface area contributed by atoms with E-state index in [9.17, 15) is 0 Å². The summed E-state index contributed by atoms with van der Waals surface area (Å²) >= 11 is 0. The number of hydrogen-bond acceptors (Lipinski definition) is 4. The molecule has 0 amide bonds. The van der Waals surface area contributed by atoms with E-state index >= 15 is 0 Å². The summed E-state index contributed by atoms with van der Waals surface area (Å²) in [5, 5.41) is 4.35. The van der Waals surface area contributed by atoms with E-state index < -0.39 is 0 Å². The van der Waals surface area contributed by atoms with Crippen LogP contribution in [0.15, 0.2) is 65.3 Å². The van der Waals surface area contributed by atoms with E-state index in [-0.39, 0.29) is 0 Å². The highest BCUT2D eigenvalue weighted by Gasteiger charge is 2.10. The van der Waals surface area contributed by atoms with Crippen molar-refractivity contribution in [2.45, 2.75) is 33.8 Å². The minimum atomic E-state index is 0.628. The molecule has 0 aliphatic carbocycles. The average Bonchev–Trinajstić information content (AvgIpc) is 3.38. The highest BCUT2D eigenvalue weighted by molar-refractivity contribution is 5.58. The largest absolute Gasteiger partial charge is 0.440 e. The molecule has 2 aromatic carbocycles. The van der Waals surface area contributed by atoms with Crippen LogP contribution in [0, 0.1) is 13.8 Å². The zero-order valence-electron chi connectivity index (χ0n) is 17.1. The number of aryl methyl sites for hydroxylation is 2. The second kappa shape index (κ2) is 8.45. The van der Waals surface area contributed by atoms with Gasteiger partial charge in [-0.15, -0.1) is 0 Å². The third-order valence-corrected chi connectivity index (χ3v) is 5.01. The molecule has 0 aliphatic rings. The molecule has 2 heterocycles. The normalized spacial score (nSPS) is 11.1. The van der Waals surface area contributed by atoms with Crippen LogP contribution in [0.2, 0.25) is 0 Å². The number of rotatable bonds is 7. The SMILES string of the molecule is CCOCc1ccc(C)c(Cc2ncc(-c3ccc(-n4nccc4C)cc3)o2)c1. The van der Waals surface area contributed by atoms with Crippen molar-refractivity contribution in [3.8, 4) is 17.0 Å². The molecule has 0 unspecified atom stereocenters. The quantitative estimate of drug-likeness (QED) is 0.433. The maximum atomic E-state index is 6.04. The minimum absolute atomic E-state index is 0.628. The predicted octanol–water partition coefficient (Wildman–Crippen LogP) is 5.27. The van der Waals surface area contributed by atoms with Crippen molar-refractivity contribution in [3.05, 3.63) is 89.2 Å².